The fourth-order valence-electron chi connectivity index (χ4n) is 2.85. The monoisotopic (exact) mass is 261 g/mol. The zero-order valence-corrected chi connectivity index (χ0v) is 10.9. The molecule has 1 fully saturated rings. The van der Waals surface area contributed by atoms with Crippen LogP contribution in [-0.2, 0) is 4.79 Å². The molecule has 1 aromatic rings. The van der Waals surface area contributed by atoms with Crippen LogP contribution in [0.25, 0.3) is 0 Å². The summed E-state index contributed by atoms with van der Waals surface area (Å²) in [5, 5.41) is 9.17. The zero-order valence-electron chi connectivity index (χ0n) is 10.9. The average Bonchev–Trinajstić information content (AvgIpc) is 2.79. The molecule has 1 aromatic carbocycles. The minimum atomic E-state index is -0.205. The van der Waals surface area contributed by atoms with Gasteiger partial charge in [0.25, 0.3) is 0 Å². The molecule has 1 amide bonds. The largest absolute Gasteiger partial charge is 0.492 e. The van der Waals surface area contributed by atoms with Crippen LogP contribution in [0.3, 0.4) is 0 Å². The van der Waals surface area contributed by atoms with Crippen LogP contribution in [0, 0.1) is 0 Å². The first kappa shape index (κ1) is 12.5. The van der Waals surface area contributed by atoms with E-state index in [1.165, 1.54) is 6.42 Å². The summed E-state index contributed by atoms with van der Waals surface area (Å²) in [6.07, 6.45) is 3.29. The standard InChI is InChI=1S/C15H19NO3/c17-9-8-16(11-4-3-5-11)15(18)13-10-19-14-7-2-1-6-12(13)14/h1-2,6-7,11,13,17H,3-5,8-10H2. The van der Waals surface area contributed by atoms with E-state index >= 15 is 0 Å². The third kappa shape index (κ3) is 2.21. The summed E-state index contributed by atoms with van der Waals surface area (Å²) in [7, 11) is 0. The van der Waals surface area contributed by atoms with Gasteiger partial charge in [-0.1, -0.05) is 18.2 Å². The summed E-state index contributed by atoms with van der Waals surface area (Å²) < 4.78 is 5.58. The third-order valence-corrected chi connectivity index (χ3v) is 4.14. The van der Waals surface area contributed by atoms with Crippen molar-refractivity contribution in [3.8, 4) is 5.75 Å². The normalized spacial score (nSPS) is 21.4. The van der Waals surface area contributed by atoms with Crippen LogP contribution in [-0.4, -0.2) is 41.7 Å². The van der Waals surface area contributed by atoms with Gasteiger partial charge in [-0.2, -0.15) is 0 Å². The summed E-state index contributed by atoms with van der Waals surface area (Å²) >= 11 is 0. The van der Waals surface area contributed by atoms with Gasteiger partial charge < -0.3 is 14.7 Å². The molecular weight excluding hydrogens is 242 g/mol. The fourth-order valence-corrected chi connectivity index (χ4v) is 2.85. The van der Waals surface area contributed by atoms with Crippen molar-refractivity contribution in [3.05, 3.63) is 29.8 Å². The lowest BCUT2D eigenvalue weighted by molar-refractivity contribution is -0.137. The second kappa shape index (κ2) is 5.21. The average molecular weight is 261 g/mol. The van der Waals surface area contributed by atoms with E-state index in [1.807, 2.05) is 29.2 Å². The topological polar surface area (TPSA) is 49.8 Å². The van der Waals surface area contributed by atoms with Crippen molar-refractivity contribution in [2.75, 3.05) is 19.8 Å². The van der Waals surface area contributed by atoms with E-state index < -0.39 is 0 Å². The summed E-state index contributed by atoms with van der Waals surface area (Å²) in [4.78, 5) is 14.5. The van der Waals surface area contributed by atoms with Crippen molar-refractivity contribution in [2.45, 2.75) is 31.2 Å². The van der Waals surface area contributed by atoms with Gasteiger partial charge in [0.1, 0.15) is 18.3 Å². The van der Waals surface area contributed by atoms with Crippen molar-refractivity contribution in [1.29, 1.82) is 0 Å². The Labute approximate surface area is 113 Å². The van der Waals surface area contributed by atoms with E-state index in [9.17, 15) is 4.79 Å². The van der Waals surface area contributed by atoms with Crippen LogP contribution in [0.2, 0.25) is 0 Å². The van der Waals surface area contributed by atoms with E-state index in [2.05, 4.69) is 0 Å². The molecule has 1 aliphatic heterocycles. The molecule has 0 saturated heterocycles. The molecular formula is C15H19NO3. The van der Waals surface area contributed by atoms with E-state index in [0.717, 1.165) is 24.2 Å². The van der Waals surface area contributed by atoms with Gasteiger partial charge in [0.05, 0.1) is 6.61 Å². The third-order valence-electron chi connectivity index (χ3n) is 4.14. The number of carbonyl (C=O) groups is 1. The molecule has 1 N–H and O–H groups in total. The number of hydrogen-bond donors (Lipinski definition) is 1. The van der Waals surface area contributed by atoms with Crippen LogP contribution in [0.4, 0.5) is 0 Å². The molecule has 3 rings (SSSR count). The lowest BCUT2D eigenvalue weighted by Crippen LogP contribution is -2.47. The van der Waals surface area contributed by atoms with Crippen molar-refractivity contribution in [2.24, 2.45) is 0 Å². The van der Waals surface area contributed by atoms with Gasteiger partial charge >= 0.3 is 0 Å². The van der Waals surface area contributed by atoms with E-state index in [-0.39, 0.29) is 18.4 Å². The maximum Gasteiger partial charge on any atom is 0.234 e. The molecule has 0 bridgehead atoms. The predicted octanol–water partition coefficient (Wildman–Crippen LogP) is 1.54. The smallest absolute Gasteiger partial charge is 0.234 e. The molecule has 2 aliphatic rings. The second-order valence-corrected chi connectivity index (χ2v) is 5.24. The molecule has 102 valence electrons. The Morgan fingerprint density at radius 1 is 1.37 bits per heavy atom. The quantitative estimate of drug-likeness (QED) is 0.894. The summed E-state index contributed by atoms with van der Waals surface area (Å²) in [5.74, 6) is 0.713. The van der Waals surface area contributed by atoms with Gasteiger partial charge in [-0.15, -0.1) is 0 Å². The second-order valence-electron chi connectivity index (χ2n) is 5.24. The molecule has 0 aromatic heterocycles. The molecule has 1 atom stereocenters. The number of amides is 1. The van der Waals surface area contributed by atoms with Crippen molar-refractivity contribution < 1.29 is 14.6 Å². The number of para-hydroxylation sites is 1. The van der Waals surface area contributed by atoms with E-state index in [1.54, 1.807) is 0 Å². The maximum atomic E-state index is 12.7. The fraction of sp³-hybridized carbons (Fsp3) is 0.533. The Morgan fingerprint density at radius 2 is 2.16 bits per heavy atom. The molecule has 4 heteroatoms. The minimum Gasteiger partial charge on any atom is -0.492 e. The number of fused-ring (bicyclic) bond motifs is 1. The first-order valence-electron chi connectivity index (χ1n) is 6.94. The lowest BCUT2D eigenvalue weighted by Gasteiger charge is -2.38. The molecule has 1 heterocycles. The first-order valence-corrected chi connectivity index (χ1v) is 6.94. The molecule has 0 spiro atoms. The molecule has 19 heavy (non-hydrogen) atoms. The van der Waals surface area contributed by atoms with Gasteiger partial charge in [0.2, 0.25) is 5.91 Å². The van der Waals surface area contributed by atoms with Crippen LogP contribution in [0.15, 0.2) is 24.3 Å². The molecule has 4 nitrogen and oxygen atoms in total. The maximum absolute atomic E-state index is 12.7. The number of hydrogen-bond acceptors (Lipinski definition) is 3. The Hall–Kier alpha value is -1.55. The Kier molecular flexibility index (Phi) is 3.42. The highest BCUT2D eigenvalue weighted by Gasteiger charge is 2.37. The first-order chi connectivity index (χ1) is 9.31. The molecule has 1 saturated carbocycles. The molecule has 1 aliphatic carbocycles. The summed E-state index contributed by atoms with van der Waals surface area (Å²) in [6, 6.07) is 8.04. The number of carbonyl (C=O) groups excluding carboxylic acids is 1. The molecule has 0 radical (unpaired) electrons. The van der Waals surface area contributed by atoms with E-state index in [0.29, 0.717) is 19.2 Å². The van der Waals surface area contributed by atoms with Crippen molar-refractivity contribution in [1.82, 2.24) is 4.90 Å². The number of ether oxygens (including phenoxy) is 1. The lowest BCUT2D eigenvalue weighted by atomic mass is 9.89. The van der Waals surface area contributed by atoms with Gasteiger partial charge in [-0.25, -0.2) is 0 Å². The number of benzene rings is 1. The summed E-state index contributed by atoms with van der Waals surface area (Å²) in [6.45, 7) is 0.881. The van der Waals surface area contributed by atoms with Gasteiger partial charge in [-0.05, 0) is 25.3 Å². The van der Waals surface area contributed by atoms with Gasteiger partial charge in [0, 0.05) is 18.2 Å². The van der Waals surface area contributed by atoms with Crippen LogP contribution >= 0.6 is 0 Å². The number of rotatable bonds is 4. The Balaban J connectivity index is 1.79. The van der Waals surface area contributed by atoms with Crippen molar-refractivity contribution in [3.63, 3.8) is 0 Å². The van der Waals surface area contributed by atoms with Gasteiger partial charge in [0.15, 0.2) is 0 Å². The predicted molar refractivity (Wildman–Crippen MR) is 71.1 cm³/mol. The summed E-state index contributed by atoms with van der Waals surface area (Å²) in [5.41, 5.74) is 0.981. The van der Waals surface area contributed by atoms with Gasteiger partial charge in [-0.3, -0.25) is 4.79 Å². The molecule has 1 unspecified atom stereocenters. The van der Waals surface area contributed by atoms with Crippen LogP contribution in [0.1, 0.15) is 30.7 Å². The van der Waals surface area contributed by atoms with Crippen molar-refractivity contribution >= 4 is 5.91 Å². The highest BCUT2D eigenvalue weighted by Crippen LogP contribution is 2.36. The Bertz CT molecular complexity index is 470. The highest BCUT2D eigenvalue weighted by molar-refractivity contribution is 5.86. The number of nitrogens with zero attached hydrogens (tertiary/aromatic N) is 1. The Morgan fingerprint density at radius 3 is 2.84 bits per heavy atom. The SMILES string of the molecule is O=C(C1COc2ccccc21)N(CCO)C1CCC1. The van der Waals surface area contributed by atoms with E-state index in [4.69, 9.17) is 9.84 Å². The highest BCUT2D eigenvalue weighted by atomic mass is 16.5. The zero-order chi connectivity index (χ0) is 13.2. The van der Waals surface area contributed by atoms with Crippen LogP contribution in [0.5, 0.6) is 5.75 Å². The number of aliphatic hydroxyl groups excluding tert-OH is 1. The minimum absolute atomic E-state index is 0.0253. The van der Waals surface area contributed by atoms with Crippen LogP contribution < -0.4 is 4.74 Å². The number of aliphatic hydroxyl groups is 1.